The van der Waals surface area contributed by atoms with Crippen LogP contribution in [-0.4, -0.2) is 9.97 Å². The molecule has 0 fully saturated rings. The summed E-state index contributed by atoms with van der Waals surface area (Å²) in [6.07, 6.45) is 5.50. The number of halogens is 2. The van der Waals surface area contributed by atoms with Gasteiger partial charge in [-0.1, -0.05) is 35.3 Å². The zero-order valence-electron chi connectivity index (χ0n) is 9.48. The van der Waals surface area contributed by atoms with Crippen molar-refractivity contribution in [2.75, 3.05) is 0 Å². The van der Waals surface area contributed by atoms with E-state index in [9.17, 15) is 0 Å². The highest BCUT2D eigenvalue weighted by molar-refractivity contribution is 6.42. The molecule has 1 unspecified atom stereocenters. The highest BCUT2D eigenvalue weighted by Crippen LogP contribution is 2.28. The summed E-state index contributed by atoms with van der Waals surface area (Å²) in [5.41, 5.74) is 4.38. The Balaban J connectivity index is 2.24. The molecular formula is C12H12Cl2N4. The molecule has 0 aliphatic carbocycles. The van der Waals surface area contributed by atoms with Crippen LogP contribution in [0.15, 0.2) is 36.8 Å². The van der Waals surface area contributed by atoms with Gasteiger partial charge in [-0.15, -0.1) is 0 Å². The molecule has 6 heteroatoms. The fourth-order valence-corrected chi connectivity index (χ4v) is 2.06. The average Bonchev–Trinajstić information content (AvgIpc) is 2.41. The largest absolute Gasteiger partial charge is 0.271 e. The van der Waals surface area contributed by atoms with Gasteiger partial charge < -0.3 is 0 Å². The van der Waals surface area contributed by atoms with Gasteiger partial charge in [-0.3, -0.25) is 21.2 Å². The van der Waals surface area contributed by atoms with E-state index in [1.807, 2.05) is 12.1 Å². The van der Waals surface area contributed by atoms with Gasteiger partial charge in [0, 0.05) is 12.4 Å². The molecule has 0 bridgehead atoms. The van der Waals surface area contributed by atoms with Crippen LogP contribution < -0.4 is 11.3 Å². The molecule has 0 aliphatic heterocycles. The highest BCUT2D eigenvalue weighted by Gasteiger charge is 2.14. The van der Waals surface area contributed by atoms with Crippen LogP contribution in [-0.2, 0) is 6.42 Å². The van der Waals surface area contributed by atoms with Crippen LogP contribution in [0.3, 0.4) is 0 Å². The summed E-state index contributed by atoms with van der Waals surface area (Å²) < 4.78 is 0. The lowest BCUT2D eigenvalue weighted by Gasteiger charge is -2.16. The lowest BCUT2D eigenvalue weighted by Crippen LogP contribution is -2.30. The first-order valence-electron chi connectivity index (χ1n) is 5.37. The Bertz CT molecular complexity index is 519. The van der Waals surface area contributed by atoms with Gasteiger partial charge in [0.25, 0.3) is 0 Å². The number of hydrazine groups is 1. The lowest BCUT2D eigenvalue weighted by molar-refractivity contribution is 0.536. The van der Waals surface area contributed by atoms with Gasteiger partial charge in [-0.2, -0.15) is 0 Å². The van der Waals surface area contributed by atoms with Crippen molar-refractivity contribution < 1.29 is 0 Å². The summed E-state index contributed by atoms with van der Waals surface area (Å²) in [7, 11) is 0. The third-order valence-electron chi connectivity index (χ3n) is 2.60. The number of hydrogen-bond acceptors (Lipinski definition) is 4. The first kappa shape index (κ1) is 13.2. The van der Waals surface area contributed by atoms with E-state index >= 15 is 0 Å². The van der Waals surface area contributed by atoms with Crippen molar-refractivity contribution in [3.63, 3.8) is 0 Å². The van der Waals surface area contributed by atoms with E-state index in [0.29, 0.717) is 16.5 Å². The number of nitrogens with one attached hydrogen (secondary N) is 1. The number of nitrogens with two attached hydrogens (primary N) is 1. The Morgan fingerprint density at radius 2 is 2.11 bits per heavy atom. The fourth-order valence-electron chi connectivity index (χ4n) is 1.67. The maximum absolute atomic E-state index is 6.15. The second-order valence-electron chi connectivity index (χ2n) is 3.77. The van der Waals surface area contributed by atoms with Crippen LogP contribution in [0.1, 0.15) is 17.3 Å². The second-order valence-corrected chi connectivity index (χ2v) is 4.55. The molecule has 1 heterocycles. The van der Waals surface area contributed by atoms with Crippen LogP contribution in [0, 0.1) is 0 Å². The van der Waals surface area contributed by atoms with Crippen LogP contribution in [0.2, 0.25) is 10.0 Å². The van der Waals surface area contributed by atoms with Gasteiger partial charge in [0.2, 0.25) is 0 Å². The Kier molecular flexibility index (Phi) is 4.49. The van der Waals surface area contributed by atoms with E-state index in [-0.39, 0.29) is 6.04 Å². The van der Waals surface area contributed by atoms with E-state index in [1.54, 1.807) is 24.7 Å². The third kappa shape index (κ3) is 2.97. The molecule has 2 rings (SSSR count). The summed E-state index contributed by atoms with van der Waals surface area (Å²) in [4.78, 5) is 8.24. The number of nitrogens with zero attached hydrogens (tertiary/aromatic N) is 2. The normalized spacial score (nSPS) is 12.4. The Morgan fingerprint density at radius 1 is 1.28 bits per heavy atom. The number of aromatic nitrogens is 2. The van der Waals surface area contributed by atoms with E-state index in [2.05, 4.69) is 15.4 Å². The van der Waals surface area contributed by atoms with Gasteiger partial charge in [0.15, 0.2) is 0 Å². The lowest BCUT2D eigenvalue weighted by atomic mass is 10.0. The van der Waals surface area contributed by atoms with E-state index in [4.69, 9.17) is 29.0 Å². The predicted octanol–water partition coefficient (Wildman–Crippen LogP) is 2.53. The second kappa shape index (κ2) is 6.11. The average molecular weight is 283 g/mol. The van der Waals surface area contributed by atoms with Crippen molar-refractivity contribution in [3.8, 4) is 0 Å². The molecule has 0 radical (unpaired) electrons. The molecule has 1 aromatic heterocycles. The standard InChI is InChI=1S/C12H12Cl2N4/c13-9-3-1-2-8(12(9)14)6-10(18-15)11-7-16-4-5-17-11/h1-5,7,10,18H,6,15H2. The minimum absolute atomic E-state index is 0.158. The van der Waals surface area contributed by atoms with E-state index < -0.39 is 0 Å². The summed E-state index contributed by atoms with van der Waals surface area (Å²) in [5.74, 6) is 5.55. The van der Waals surface area contributed by atoms with Crippen LogP contribution in [0.25, 0.3) is 0 Å². The monoisotopic (exact) mass is 282 g/mol. The topological polar surface area (TPSA) is 63.8 Å². The number of hydrogen-bond donors (Lipinski definition) is 2. The summed E-state index contributed by atoms with van der Waals surface area (Å²) >= 11 is 12.1. The minimum atomic E-state index is -0.158. The van der Waals surface area contributed by atoms with Crippen LogP contribution >= 0.6 is 23.2 Å². The van der Waals surface area contributed by atoms with E-state index in [0.717, 1.165) is 11.3 Å². The summed E-state index contributed by atoms with van der Waals surface area (Å²) in [5, 5.41) is 1.08. The zero-order chi connectivity index (χ0) is 13.0. The van der Waals surface area contributed by atoms with Gasteiger partial charge in [0.05, 0.1) is 28.0 Å². The molecule has 0 aliphatic rings. The van der Waals surface area contributed by atoms with Gasteiger partial charge >= 0.3 is 0 Å². The van der Waals surface area contributed by atoms with Crippen molar-refractivity contribution in [3.05, 3.63) is 58.1 Å². The van der Waals surface area contributed by atoms with Crippen molar-refractivity contribution in [2.24, 2.45) is 5.84 Å². The van der Waals surface area contributed by atoms with Crippen LogP contribution in [0.4, 0.5) is 0 Å². The zero-order valence-corrected chi connectivity index (χ0v) is 11.0. The molecule has 18 heavy (non-hydrogen) atoms. The molecule has 0 spiro atoms. The predicted molar refractivity (Wildman–Crippen MR) is 72.3 cm³/mol. The SMILES string of the molecule is NNC(Cc1cccc(Cl)c1Cl)c1cnccn1. The van der Waals surface area contributed by atoms with Crippen molar-refractivity contribution >= 4 is 23.2 Å². The van der Waals surface area contributed by atoms with Crippen molar-refractivity contribution in [1.82, 2.24) is 15.4 Å². The fraction of sp³-hybridized carbons (Fsp3) is 0.167. The van der Waals surface area contributed by atoms with Gasteiger partial charge in [-0.25, -0.2) is 0 Å². The molecule has 0 saturated heterocycles. The Hall–Kier alpha value is -1.20. The first-order valence-corrected chi connectivity index (χ1v) is 6.13. The molecule has 0 saturated carbocycles. The molecule has 94 valence electrons. The Morgan fingerprint density at radius 3 is 2.78 bits per heavy atom. The molecule has 3 N–H and O–H groups in total. The quantitative estimate of drug-likeness (QED) is 0.668. The molecule has 4 nitrogen and oxygen atoms in total. The Labute approximate surface area is 115 Å². The highest BCUT2D eigenvalue weighted by atomic mass is 35.5. The summed E-state index contributed by atoms with van der Waals surface area (Å²) in [6.45, 7) is 0. The van der Waals surface area contributed by atoms with Crippen LogP contribution in [0.5, 0.6) is 0 Å². The maximum atomic E-state index is 6.15. The first-order chi connectivity index (χ1) is 8.72. The van der Waals surface area contributed by atoms with Crippen molar-refractivity contribution in [2.45, 2.75) is 12.5 Å². The van der Waals surface area contributed by atoms with Gasteiger partial charge in [0.1, 0.15) is 0 Å². The van der Waals surface area contributed by atoms with Gasteiger partial charge in [-0.05, 0) is 18.1 Å². The minimum Gasteiger partial charge on any atom is -0.271 e. The summed E-state index contributed by atoms with van der Waals surface area (Å²) in [6, 6.07) is 5.36. The molecular weight excluding hydrogens is 271 g/mol. The molecule has 1 aromatic carbocycles. The molecule has 1 atom stereocenters. The molecule has 0 amide bonds. The molecule has 2 aromatic rings. The van der Waals surface area contributed by atoms with Crippen molar-refractivity contribution in [1.29, 1.82) is 0 Å². The maximum Gasteiger partial charge on any atom is 0.0772 e. The third-order valence-corrected chi connectivity index (χ3v) is 3.46. The van der Waals surface area contributed by atoms with E-state index in [1.165, 1.54) is 0 Å². The number of rotatable bonds is 4. The number of benzene rings is 1. The smallest absolute Gasteiger partial charge is 0.0772 e.